The summed E-state index contributed by atoms with van der Waals surface area (Å²) in [7, 11) is 0. The molecule has 0 aliphatic rings. The van der Waals surface area contributed by atoms with E-state index in [1.807, 2.05) is 13.8 Å². The van der Waals surface area contributed by atoms with Crippen LogP contribution in [0.4, 0.5) is 18.9 Å². The van der Waals surface area contributed by atoms with E-state index in [-0.39, 0.29) is 5.69 Å². The molecule has 0 saturated carbocycles. The first-order valence-corrected chi connectivity index (χ1v) is 4.43. The lowest BCUT2D eigenvalue weighted by molar-refractivity contribution is -0.167. The molecule has 1 aromatic carbocycles. The van der Waals surface area contributed by atoms with Crippen LogP contribution in [-0.4, -0.2) is 12.1 Å². The van der Waals surface area contributed by atoms with Crippen molar-refractivity contribution in [2.45, 2.75) is 20.0 Å². The van der Waals surface area contributed by atoms with Crippen LogP contribution < -0.4 is 5.32 Å². The van der Waals surface area contributed by atoms with Crippen molar-refractivity contribution in [3.8, 4) is 0 Å². The number of rotatable bonds is 1. The molecule has 0 heterocycles. The second-order valence-electron chi connectivity index (χ2n) is 2.32. The third-order valence-electron chi connectivity index (χ3n) is 1.29. The molecule has 0 unspecified atom stereocenters. The van der Waals surface area contributed by atoms with E-state index >= 15 is 0 Å². The highest BCUT2D eigenvalue weighted by Crippen LogP contribution is 2.17. The van der Waals surface area contributed by atoms with Crippen LogP contribution in [0.3, 0.4) is 0 Å². The fraction of sp³-hybridized carbons (Fsp3) is 0.300. The quantitative estimate of drug-likeness (QED) is 0.772. The van der Waals surface area contributed by atoms with Gasteiger partial charge in [0.25, 0.3) is 0 Å². The van der Waals surface area contributed by atoms with Gasteiger partial charge in [-0.3, -0.25) is 4.79 Å². The van der Waals surface area contributed by atoms with Crippen molar-refractivity contribution in [3.05, 3.63) is 30.3 Å². The van der Waals surface area contributed by atoms with E-state index < -0.39 is 12.1 Å². The molecular weight excluding hydrogens is 207 g/mol. The molecule has 15 heavy (non-hydrogen) atoms. The zero-order valence-electron chi connectivity index (χ0n) is 8.43. The SMILES string of the molecule is CC.O=C(Nc1ccccc1)C(F)(F)F. The largest absolute Gasteiger partial charge is 0.471 e. The fourth-order valence-electron chi connectivity index (χ4n) is 0.723. The maximum absolute atomic E-state index is 11.7. The molecule has 0 aromatic heterocycles. The Labute approximate surface area is 86.1 Å². The standard InChI is InChI=1S/C8H6F3NO.C2H6/c9-8(10,11)7(13)12-6-4-2-1-3-5-6;1-2/h1-5H,(H,12,13);1-2H3. The predicted molar refractivity (Wildman–Crippen MR) is 52.5 cm³/mol. The Morgan fingerprint density at radius 3 is 2.00 bits per heavy atom. The summed E-state index contributed by atoms with van der Waals surface area (Å²) in [6, 6.07) is 7.47. The van der Waals surface area contributed by atoms with Crippen molar-refractivity contribution >= 4 is 11.6 Å². The normalized spacial score (nSPS) is 9.93. The topological polar surface area (TPSA) is 29.1 Å². The lowest BCUT2D eigenvalue weighted by Gasteiger charge is -2.06. The molecule has 0 fully saturated rings. The molecule has 0 saturated heterocycles. The van der Waals surface area contributed by atoms with E-state index in [9.17, 15) is 18.0 Å². The van der Waals surface area contributed by atoms with Crippen LogP contribution in [0.1, 0.15) is 13.8 Å². The monoisotopic (exact) mass is 219 g/mol. The minimum absolute atomic E-state index is 0.129. The highest BCUT2D eigenvalue weighted by atomic mass is 19.4. The Hall–Kier alpha value is -1.52. The van der Waals surface area contributed by atoms with E-state index in [1.54, 1.807) is 11.4 Å². The molecule has 0 aliphatic carbocycles. The van der Waals surface area contributed by atoms with Crippen LogP contribution in [0.2, 0.25) is 0 Å². The number of amides is 1. The molecule has 1 aromatic rings. The molecule has 84 valence electrons. The average Bonchev–Trinajstić information content (AvgIpc) is 2.21. The minimum Gasteiger partial charge on any atom is -0.318 e. The van der Waals surface area contributed by atoms with Crippen LogP contribution in [0.25, 0.3) is 0 Å². The summed E-state index contributed by atoms with van der Waals surface area (Å²) in [6.45, 7) is 4.00. The Morgan fingerprint density at radius 2 is 1.60 bits per heavy atom. The highest BCUT2D eigenvalue weighted by Gasteiger charge is 2.38. The van der Waals surface area contributed by atoms with E-state index in [1.165, 1.54) is 24.3 Å². The lowest BCUT2D eigenvalue weighted by atomic mass is 10.3. The molecule has 1 amide bonds. The summed E-state index contributed by atoms with van der Waals surface area (Å²) in [6.07, 6.45) is -4.84. The first-order chi connectivity index (χ1) is 7.00. The molecule has 1 N–H and O–H groups in total. The Morgan fingerprint density at radius 1 is 1.13 bits per heavy atom. The predicted octanol–water partition coefficient (Wildman–Crippen LogP) is 3.21. The highest BCUT2D eigenvalue weighted by molar-refractivity contribution is 5.94. The maximum atomic E-state index is 11.7. The number of halogens is 3. The second kappa shape index (κ2) is 6.06. The van der Waals surface area contributed by atoms with Gasteiger partial charge in [0.15, 0.2) is 0 Å². The first-order valence-electron chi connectivity index (χ1n) is 4.43. The summed E-state index contributed by atoms with van der Waals surface area (Å²) >= 11 is 0. The molecular formula is C10H12F3NO. The number of para-hydroxylation sites is 1. The van der Waals surface area contributed by atoms with Gasteiger partial charge in [-0.15, -0.1) is 0 Å². The summed E-state index contributed by atoms with van der Waals surface area (Å²) in [5.41, 5.74) is 0.129. The van der Waals surface area contributed by atoms with E-state index in [0.717, 1.165) is 0 Å². The third-order valence-corrected chi connectivity index (χ3v) is 1.29. The number of hydrogen-bond acceptors (Lipinski definition) is 1. The first kappa shape index (κ1) is 13.5. The smallest absolute Gasteiger partial charge is 0.318 e. The van der Waals surface area contributed by atoms with Crippen molar-refractivity contribution in [1.82, 2.24) is 0 Å². The van der Waals surface area contributed by atoms with Crippen molar-refractivity contribution < 1.29 is 18.0 Å². The zero-order valence-corrected chi connectivity index (χ0v) is 8.43. The van der Waals surface area contributed by atoms with Crippen molar-refractivity contribution in [2.75, 3.05) is 5.32 Å². The molecule has 0 spiro atoms. The Balaban J connectivity index is 0.000000921. The summed E-state index contributed by atoms with van der Waals surface area (Å²) < 4.78 is 35.2. The van der Waals surface area contributed by atoms with Gasteiger partial charge in [0.2, 0.25) is 0 Å². The van der Waals surface area contributed by atoms with Crippen LogP contribution in [-0.2, 0) is 4.79 Å². The average molecular weight is 219 g/mol. The van der Waals surface area contributed by atoms with E-state index in [4.69, 9.17) is 0 Å². The van der Waals surface area contributed by atoms with Crippen molar-refractivity contribution in [1.29, 1.82) is 0 Å². The molecule has 1 rings (SSSR count). The van der Waals surface area contributed by atoms with Crippen LogP contribution in [0.5, 0.6) is 0 Å². The van der Waals surface area contributed by atoms with E-state index in [0.29, 0.717) is 0 Å². The summed E-state index contributed by atoms with van der Waals surface area (Å²) in [5.74, 6) is -1.96. The Bertz CT molecular complexity index is 295. The number of carbonyl (C=O) groups excluding carboxylic acids is 1. The van der Waals surface area contributed by atoms with Gasteiger partial charge in [0.05, 0.1) is 0 Å². The molecule has 2 nitrogen and oxygen atoms in total. The number of anilines is 1. The second-order valence-corrected chi connectivity index (χ2v) is 2.32. The molecule has 0 atom stereocenters. The zero-order chi connectivity index (χ0) is 11.9. The number of nitrogens with one attached hydrogen (secondary N) is 1. The van der Waals surface area contributed by atoms with Crippen LogP contribution >= 0.6 is 0 Å². The van der Waals surface area contributed by atoms with Gasteiger partial charge in [-0.2, -0.15) is 13.2 Å². The lowest BCUT2D eigenvalue weighted by Crippen LogP contribution is -2.29. The Kier molecular flexibility index (Phi) is 5.44. The molecule has 0 bridgehead atoms. The summed E-state index contributed by atoms with van der Waals surface area (Å²) in [5, 5.41) is 1.72. The maximum Gasteiger partial charge on any atom is 0.471 e. The molecule has 5 heteroatoms. The van der Waals surface area contributed by atoms with Gasteiger partial charge in [-0.1, -0.05) is 32.0 Å². The number of hydrogen-bond donors (Lipinski definition) is 1. The van der Waals surface area contributed by atoms with Gasteiger partial charge in [0, 0.05) is 5.69 Å². The van der Waals surface area contributed by atoms with Crippen LogP contribution in [0, 0.1) is 0 Å². The fourth-order valence-corrected chi connectivity index (χ4v) is 0.723. The van der Waals surface area contributed by atoms with Gasteiger partial charge in [0.1, 0.15) is 0 Å². The van der Waals surface area contributed by atoms with Gasteiger partial charge >= 0.3 is 12.1 Å². The van der Waals surface area contributed by atoms with Gasteiger partial charge < -0.3 is 5.32 Å². The van der Waals surface area contributed by atoms with Gasteiger partial charge in [-0.05, 0) is 12.1 Å². The van der Waals surface area contributed by atoms with Crippen LogP contribution in [0.15, 0.2) is 30.3 Å². The molecule has 0 aliphatic heterocycles. The van der Waals surface area contributed by atoms with Gasteiger partial charge in [-0.25, -0.2) is 0 Å². The van der Waals surface area contributed by atoms with Crippen molar-refractivity contribution in [3.63, 3.8) is 0 Å². The van der Waals surface area contributed by atoms with E-state index in [2.05, 4.69) is 0 Å². The third kappa shape index (κ3) is 5.05. The summed E-state index contributed by atoms with van der Waals surface area (Å²) in [4.78, 5) is 10.4. The number of alkyl halides is 3. The van der Waals surface area contributed by atoms with Crippen molar-refractivity contribution in [2.24, 2.45) is 0 Å². The number of benzene rings is 1. The minimum atomic E-state index is -4.84. The number of carbonyl (C=O) groups is 1. The molecule has 0 radical (unpaired) electrons.